The second kappa shape index (κ2) is 11.9. The molecule has 0 heterocycles. The summed E-state index contributed by atoms with van der Waals surface area (Å²) in [6, 6.07) is 8.85. The highest BCUT2D eigenvalue weighted by Gasteiger charge is 2.45. The predicted molar refractivity (Wildman–Crippen MR) is 124 cm³/mol. The van der Waals surface area contributed by atoms with E-state index in [-0.39, 0.29) is 0 Å². The van der Waals surface area contributed by atoms with Crippen LogP contribution < -0.4 is 0 Å². The minimum atomic E-state index is -1.54. The highest BCUT2D eigenvalue weighted by molar-refractivity contribution is 8.29. The number of unbranched alkanes of at least 4 members (excludes halogenated alkanes) is 4. The third-order valence-electron chi connectivity index (χ3n) is 5.74. The van der Waals surface area contributed by atoms with Crippen molar-refractivity contribution in [3.8, 4) is 11.8 Å². The summed E-state index contributed by atoms with van der Waals surface area (Å²) in [6.45, 7) is 16.9. The van der Waals surface area contributed by atoms with Crippen LogP contribution in [0.4, 0.5) is 0 Å². The van der Waals surface area contributed by atoms with Crippen molar-refractivity contribution >= 4 is 18.4 Å². The summed E-state index contributed by atoms with van der Waals surface area (Å²) in [5, 5.41) is 0. The smallest absolute Gasteiger partial charge is 0.131 e. The molecule has 0 aliphatic heterocycles. The van der Waals surface area contributed by atoms with Gasteiger partial charge in [-0.1, -0.05) is 98.1 Å². The maximum atomic E-state index is 3.50. The van der Waals surface area contributed by atoms with Crippen molar-refractivity contribution < 1.29 is 0 Å². The van der Waals surface area contributed by atoms with E-state index in [1.807, 2.05) is 0 Å². The van der Waals surface area contributed by atoms with Gasteiger partial charge in [-0.15, -0.1) is 11.2 Å². The second-order valence-corrected chi connectivity index (χ2v) is 16.6. The van der Waals surface area contributed by atoms with E-state index in [4.69, 9.17) is 0 Å². The van der Waals surface area contributed by atoms with Crippen molar-refractivity contribution in [3.05, 3.63) is 29.8 Å². The van der Waals surface area contributed by atoms with Gasteiger partial charge < -0.3 is 0 Å². The van der Waals surface area contributed by atoms with Crippen molar-refractivity contribution in [3.63, 3.8) is 0 Å². The molecule has 0 fully saturated rings. The summed E-state index contributed by atoms with van der Waals surface area (Å²) in [5.41, 5.74) is 3.58. The van der Waals surface area contributed by atoms with E-state index in [0.29, 0.717) is 0 Å². The van der Waals surface area contributed by atoms with Gasteiger partial charge in [0.25, 0.3) is 0 Å². The molecule has 26 heavy (non-hydrogen) atoms. The Morgan fingerprint density at radius 1 is 0.923 bits per heavy atom. The zero-order chi connectivity index (χ0) is 19.6. The number of rotatable bonds is 10. The topological polar surface area (TPSA) is 0 Å². The van der Waals surface area contributed by atoms with Gasteiger partial charge in [-0.2, -0.15) is 0 Å². The maximum Gasteiger partial charge on any atom is 0.131 e. The Labute approximate surface area is 168 Å². The number of benzene rings is 1. The molecule has 0 aliphatic rings. The van der Waals surface area contributed by atoms with Crippen LogP contribution in [-0.4, -0.2) is 7.22 Å². The van der Waals surface area contributed by atoms with Crippen LogP contribution in [0, 0.1) is 11.8 Å². The molecule has 0 spiro atoms. The van der Waals surface area contributed by atoms with Crippen molar-refractivity contribution in [2.24, 2.45) is 0 Å². The normalized spacial score (nSPS) is 13.0. The fourth-order valence-corrected chi connectivity index (χ4v) is 14.0. The Morgan fingerprint density at radius 2 is 1.58 bits per heavy atom. The molecule has 0 radical (unpaired) electrons. The molecule has 1 aromatic carbocycles. The van der Waals surface area contributed by atoms with Gasteiger partial charge in [0.1, 0.15) is 7.22 Å². The Bertz CT molecular complexity index is 571. The van der Waals surface area contributed by atoms with Gasteiger partial charge in [-0.3, -0.25) is 0 Å². The van der Waals surface area contributed by atoms with Crippen molar-refractivity contribution in [1.29, 1.82) is 0 Å². The molecule has 0 nitrogen and oxygen atoms in total. The lowest BCUT2D eigenvalue weighted by Gasteiger charge is -2.43. The molecule has 0 amide bonds. The molecule has 1 aromatic rings. The van der Waals surface area contributed by atoms with E-state index in [0.717, 1.165) is 23.0 Å². The van der Waals surface area contributed by atoms with Crippen LogP contribution in [0.5, 0.6) is 0 Å². The van der Waals surface area contributed by atoms with Gasteiger partial charge in [0.05, 0.1) is 0 Å². The lowest BCUT2D eigenvalue weighted by atomic mass is 10.1. The Kier molecular flexibility index (Phi) is 10.7. The molecule has 146 valence electrons. The summed E-state index contributed by atoms with van der Waals surface area (Å²) in [5.74, 6) is 6.94. The van der Waals surface area contributed by atoms with Crippen LogP contribution >= 0.6 is 11.2 Å². The summed E-state index contributed by atoms with van der Waals surface area (Å²) in [7, 11) is -1.54. The predicted octanol–water partition coefficient (Wildman–Crippen LogP) is 8.67. The highest BCUT2D eigenvalue weighted by atomic mass is 32.4. The van der Waals surface area contributed by atoms with Crippen molar-refractivity contribution in [1.82, 2.24) is 0 Å². The van der Waals surface area contributed by atoms with Gasteiger partial charge in [-0.05, 0) is 35.2 Å². The average molecular weight is 389 g/mol. The van der Waals surface area contributed by atoms with Crippen LogP contribution in [0.1, 0.15) is 92.6 Å². The third-order valence-corrected chi connectivity index (χ3v) is 18.0. The van der Waals surface area contributed by atoms with E-state index in [1.165, 1.54) is 42.6 Å². The van der Waals surface area contributed by atoms with Crippen LogP contribution in [0.15, 0.2) is 29.2 Å². The molecule has 2 heteroatoms. The van der Waals surface area contributed by atoms with E-state index >= 15 is 0 Å². The van der Waals surface area contributed by atoms with Gasteiger partial charge in [0, 0.05) is 16.9 Å². The molecule has 0 bridgehead atoms. The van der Waals surface area contributed by atoms with Gasteiger partial charge in [0.15, 0.2) is 0 Å². The Hall–Kier alpha value is -0.653. The van der Waals surface area contributed by atoms with Crippen LogP contribution in [0.25, 0.3) is 0 Å². The Balaban J connectivity index is 3.05. The zero-order valence-corrected chi connectivity index (χ0v) is 20.0. The molecule has 1 rings (SSSR count). The first kappa shape index (κ1) is 23.4. The van der Waals surface area contributed by atoms with E-state index in [1.54, 1.807) is 0 Å². The van der Waals surface area contributed by atoms with Crippen LogP contribution in [0.2, 0.25) is 16.6 Å². The molecule has 0 saturated carbocycles. The molecular formula is C24H40SSi. The second-order valence-electron chi connectivity index (χ2n) is 8.18. The average Bonchev–Trinajstić information content (AvgIpc) is 2.62. The SMILES string of the molecule is CCCCCCC#Cc1ccccc1S[Si](C(C)C)(C(C)C)C(C)CC. The van der Waals surface area contributed by atoms with Crippen LogP contribution in [0.3, 0.4) is 0 Å². The molecule has 1 unspecified atom stereocenters. The standard InChI is InChI=1S/C24H40SSi/c1-8-10-11-12-13-14-17-23-18-15-16-19-24(23)25-26(20(3)4,21(5)6)22(7)9-2/h15-16,18-22H,8-13H2,1-7H3. The summed E-state index contributed by atoms with van der Waals surface area (Å²) < 4.78 is 0. The monoisotopic (exact) mass is 388 g/mol. The quantitative estimate of drug-likeness (QED) is 0.219. The molecular weight excluding hydrogens is 348 g/mol. The highest BCUT2D eigenvalue weighted by Crippen LogP contribution is 2.53. The third kappa shape index (κ3) is 6.21. The fraction of sp³-hybridized carbons (Fsp3) is 0.667. The lowest BCUT2D eigenvalue weighted by molar-refractivity contribution is 0.679. The molecule has 1 atom stereocenters. The summed E-state index contributed by atoms with van der Waals surface area (Å²) in [6.07, 6.45) is 7.48. The largest absolute Gasteiger partial charge is 0.149 e. The molecule has 0 saturated heterocycles. The van der Waals surface area contributed by atoms with E-state index in [9.17, 15) is 0 Å². The zero-order valence-electron chi connectivity index (χ0n) is 18.2. The molecule has 0 aliphatic carbocycles. The van der Waals surface area contributed by atoms with Crippen LogP contribution in [-0.2, 0) is 0 Å². The van der Waals surface area contributed by atoms with Gasteiger partial charge in [0.2, 0.25) is 0 Å². The summed E-state index contributed by atoms with van der Waals surface area (Å²) in [4.78, 5) is 1.42. The van der Waals surface area contributed by atoms with Gasteiger partial charge >= 0.3 is 0 Å². The van der Waals surface area contributed by atoms with Crippen molar-refractivity contribution in [2.45, 2.75) is 109 Å². The van der Waals surface area contributed by atoms with Crippen molar-refractivity contribution in [2.75, 3.05) is 0 Å². The molecule has 0 N–H and O–H groups in total. The molecule has 0 aromatic heterocycles. The maximum absolute atomic E-state index is 3.50. The number of hydrogen-bond acceptors (Lipinski definition) is 1. The van der Waals surface area contributed by atoms with E-state index < -0.39 is 7.22 Å². The first-order valence-corrected chi connectivity index (χ1v) is 14.4. The number of hydrogen-bond donors (Lipinski definition) is 0. The Morgan fingerprint density at radius 3 is 2.15 bits per heavy atom. The van der Waals surface area contributed by atoms with E-state index in [2.05, 4.69) is 95.8 Å². The minimum Gasteiger partial charge on any atom is -0.149 e. The minimum absolute atomic E-state index is 0.762. The fourth-order valence-electron chi connectivity index (χ4n) is 4.11. The summed E-state index contributed by atoms with van der Waals surface area (Å²) >= 11 is 2.22. The first-order valence-electron chi connectivity index (χ1n) is 10.7. The first-order chi connectivity index (χ1) is 12.4. The van der Waals surface area contributed by atoms with Gasteiger partial charge in [-0.25, -0.2) is 0 Å². The lowest BCUT2D eigenvalue weighted by Crippen LogP contribution is -2.41.